The Labute approximate surface area is 116 Å². The highest BCUT2D eigenvalue weighted by molar-refractivity contribution is 7.99. The van der Waals surface area contributed by atoms with Gasteiger partial charge in [0.05, 0.1) is 0 Å². The van der Waals surface area contributed by atoms with Crippen molar-refractivity contribution in [1.29, 1.82) is 0 Å². The van der Waals surface area contributed by atoms with Crippen LogP contribution in [0.15, 0.2) is 0 Å². The lowest BCUT2D eigenvalue weighted by atomic mass is 10.3. The number of aromatic nitrogens is 1. The maximum Gasteiger partial charge on any atom is 0.265 e. The molecule has 0 saturated carbocycles. The highest BCUT2D eigenvalue weighted by Gasteiger charge is 2.16. The number of rotatable bonds is 6. The Kier molecular flexibility index (Phi) is 5.74. The van der Waals surface area contributed by atoms with Crippen LogP contribution in [0.2, 0.25) is 0 Å². The molecule has 1 heterocycles. The first-order valence-corrected chi connectivity index (χ1v) is 7.80. The van der Waals surface area contributed by atoms with Gasteiger partial charge in [-0.15, -0.1) is 0 Å². The van der Waals surface area contributed by atoms with Crippen LogP contribution >= 0.6 is 23.1 Å². The fraction of sp³-hybridized carbons (Fsp3) is 0.636. The second-order valence-corrected chi connectivity index (χ2v) is 6.45. The molecule has 1 aromatic rings. The van der Waals surface area contributed by atoms with E-state index in [-0.39, 0.29) is 5.91 Å². The number of nitrogens with two attached hydrogens (primary N) is 1. The van der Waals surface area contributed by atoms with Gasteiger partial charge in [0.15, 0.2) is 5.13 Å². The Morgan fingerprint density at radius 1 is 1.61 bits per heavy atom. The minimum atomic E-state index is -0.133. The summed E-state index contributed by atoms with van der Waals surface area (Å²) in [6, 6.07) is 0. The van der Waals surface area contributed by atoms with Crippen LogP contribution in [0.4, 0.5) is 10.9 Å². The third-order valence-electron chi connectivity index (χ3n) is 2.47. The Morgan fingerprint density at radius 3 is 2.78 bits per heavy atom. The van der Waals surface area contributed by atoms with Crippen molar-refractivity contribution in [3.63, 3.8) is 0 Å². The zero-order valence-corrected chi connectivity index (χ0v) is 12.8. The number of carbonyl (C=O) groups is 1. The molecule has 0 spiro atoms. The van der Waals surface area contributed by atoms with E-state index in [0.29, 0.717) is 22.5 Å². The lowest BCUT2D eigenvalue weighted by Gasteiger charge is -2.08. The summed E-state index contributed by atoms with van der Waals surface area (Å²) < 4.78 is 0. The number of thioether (sulfide) groups is 1. The van der Waals surface area contributed by atoms with Gasteiger partial charge in [-0.3, -0.25) is 4.79 Å². The van der Waals surface area contributed by atoms with E-state index in [0.717, 1.165) is 11.6 Å². The number of hydrogen-bond acceptors (Lipinski definition) is 6. The second-order valence-electron chi connectivity index (χ2n) is 4.20. The lowest BCUT2D eigenvalue weighted by Crippen LogP contribution is -2.25. The third kappa shape index (κ3) is 4.06. The molecule has 0 bridgehead atoms. The molecule has 1 atom stereocenters. The first kappa shape index (κ1) is 15.1. The summed E-state index contributed by atoms with van der Waals surface area (Å²) in [5.41, 5.74) is 5.75. The van der Waals surface area contributed by atoms with E-state index in [4.69, 9.17) is 5.73 Å². The van der Waals surface area contributed by atoms with Crippen LogP contribution in [-0.4, -0.2) is 43.0 Å². The van der Waals surface area contributed by atoms with Crippen LogP contribution in [0.5, 0.6) is 0 Å². The molecule has 0 aliphatic heterocycles. The van der Waals surface area contributed by atoms with Crippen molar-refractivity contribution in [3.05, 3.63) is 4.88 Å². The number of amides is 1. The summed E-state index contributed by atoms with van der Waals surface area (Å²) in [5, 5.41) is 4.17. The molecule has 0 fully saturated rings. The van der Waals surface area contributed by atoms with E-state index < -0.39 is 0 Å². The summed E-state index contributed by atoms with van der Waals surface area (Å²) in [6.07, 6.45) is 3.02. The zero-order chi connectivity index (χ0) is 13.7. The van der Waals surface area contributed by atoms with Crippen LogP contribution in [0.1, 0.15) is 23.0 Å². The van der Waals surface area contributed by atoms with Crippen molar-refractivity contribution in [2.45, 2.75) is 18.6 Å². The summed E-state index contributed by atoms with van der Waals surface area (Å²) >= 11 is 3.10. The first-order valence-electron chi connectivity index (χ1n) is 5.70. The van der Waals surface area contributed by atoms with E-state index in [1.807, 2.05) is 19.0 Å². The lowest BCUT2D eigenvalue weighted by molar-refractivity contribution is 0.0958. The van der Waals surface area contributed by atoms with Gasteiger partial charge in [0.2, 0.25) is 0 Å². The number of carbonyl (C=O) groups excluding carboxylic acids is 1. The average molecular weight is 288 g/mol. The molecule has 0 aliphatic rings. The second kappa shape index (κ2) is 6.84. The zero-order valence-electron chi connectivity index (χ0n) is 11.2. The van der Waals surface area contributed by atoms with E-state index in [9.17, 15) is 4.79 Å². The largest absolute Gasteiger partial charge is 0.382 e. The number of thiazole rings is 1. The van der Waals surface area contributed by atoms with Gasteiger partial charge in [0.25, 0.3) is 5.91 Å². The standard InChI is InChI=1S/C11H20N4OS2/c1-7(17-4)5-6-13-10(16)8-9(12)14-11(18-8)15(2)3/h7H,5-6,12H2,1-4H3,(H,13,16). The molecule has 7 heteroatoms. The topological polar surface area (TPSA) is 71.2 Å². The monoisotopic (exact) mass is 288 g/mol. The van der Waals surface area contributed by atoms with Crippen molar-refractivity contribution in [2.75, 3.05) is 37.5 Å². The van der Waals surface area contributed by atoms with Crippen LogP contribution in [0.25, 0.3) is 0 Å². The van der Waals surface area contributed by atoms with Crippen molar-refractivity contribution in [2.24, 2.45) is 0 Å². The Hall–Kier alpha value is -0.950. The molecule has 1 aromatic heterocycles. The quantitative estimate of drug-likeness (QED) is 0.833. The van der Waals surface area contributed by atoms with E-state index in [1.54, 1.807) is 11.8 Å². The smallest absolute Gasteiger partial charge is 0.265 e. The van der Waals surface area contributed by atoms with E-state index in [2.05, 4.69) is 23.5 Å². The van der Waals surface area contributed by atoms with Crippen molar-refractivity contribution >= 4 is 40.0 Å². The van der Waals surface area contributed by atoms with Gasteiger partial charge < -0.3 is 16.0 Å². The molecule has 102 valence electrons. The van der Waals surface area contributed by atoms with Crippen LogP contribution in [0, 0.1) is 0 Å². The summed E-state index contributed by atoms with van der Waals surface area (Å²) in [5.74, 6) is 0.172. The Morgan fingerprint density at radius 2 is 2.28 bits per heavy atom. The van der Waals surface area contributed by atoms with Crippen LogP contribution < -0.4 is 16.0 Å². The van der Waals surface area contributed by atoms with Crippen LogP contribution in [0.3, 0.4) is 0 Å². The predicted octanol–water partition coefficient (Wildman–Crippen LogP) is 1.66. The van der Waals surface area contributed by atoms with Gasteiger partial charge in [0, 0.05) is 25.9 Å². The SMILES string of the molecule is CSC(C)CCNC(=O)c1sc(N(C)C)nc1N. The summed E-state index contributed by atoms with van der Waals surface area (Å²) in [4.78, 5) is 18.4. The molecule has 18 heavy (non-hydrogen) atoms. The average Bonchev–Trinajstić information content (AvgIpc) is 2.71. The third-order valence-corrected chi connectivity index (χ3v) is 4.75. The molecule has 1 unspecified atom stereocenters. The number of anilines is 2. The number of hydrogen-bond donors (Lipinski definition) is 2. The summed E-state index contributed by atoms with van der Waals surface area (Å²) in [6.45, 7) is 2.80. The molecule has 0 saturated heterocycles. The minimum Gasteiger partial charge on any atom is -0.382 e. The Balaban J connectivity index is 2.56. The van der Waals surface area contributed by atoms with Crippen molar-refractivity contribution < 1.29 is 4.79 Å². The van der Waals surface area contributed by atoms with E-state index >= 15 is 0 Å². The van der Waals surface area contributed by atoms with Gasteiger partial charge >= 0.3 is 0 Å². The molecule has 3 N–H and O–H groups in total. The maximum atomic E-state index is 11.9. The number of nitrogens with zero attached hydrogens (tertiary/aromatic N) is 2. The normalized spacial score (nSPS) is 12.2. The highest BCUT2D eigenvalue weighted by atomic mass is 32.2. The Bertz CT molecular complexity index is 406. The molecule has 1 amide bonds. The van der Waals surface area contributed by atoms with Crippen molar-refractivity contribution in [3.8, 4) is 0 Å². The number of nitrogen functional groups attached to an aromatic ring is 1. The fourth-order valence-corrected chi connectivity index (χ4v) is 2.44. The molecular formula is C11H20N4OS2. The van der Waals surface area contributed by atoms with Gasteiger partial charge in [-0.1, -0.05) is 18.3 Å². The number of nitrogens with one attached hydrogen (secondary N) is 1. The van der Waals surface area contributed by atoms with Gasteiger partial charge in [-0.2, -0.15) is 11.8 Å². The van der Waals surface area contributed by atoms with Gasteiger partial charge in [0.1, 0.15) is 10.7 Å². The highest BCUT2D eigenvalue weighted by Crippen LogP contribution is 2.26. The molecule has 1 rings (SSSR count). The first-order chi connectivity index (χ1) is 8.45. The molecule has 0 aliphatic carbocycles. The van der Waals surface area contributed by atoms with Gasteiger partial charge in [-0.05, 0) is 12.7 Å². The minimum absolute atomic E-state index is 0.133. The van der Waals surface area contributed by atoms with E-state index in [1.165, 1.54) is 11.3 Å². The molecule has 0 radical (unpaired) electrons. The summed E-state index contributed by atoms with van der Waals surface area (Å²) in [7, 11) is 3.75. The predicted molar refractivity (Wildman–Crippen MR) is 80.8 cm³/mol. The fourth-order valence-electron chi connectivity index (χ4n) is 1.26. The molecular weight excluding hydrogens is 268 g/mol. The molecule has 0 aromatic carbocycles. The van der Waals surface area contributed by atoms with Gasteiger partial charge in [-0.25, -0.2) is 4.98 Å². The maximum absolute atomic E-state index is 11.9. The molecule has 5 nitrogen and oxygen atoms in total. The van der Waals surface area contributed by atoms with Crippen LogP contribution in [-0.2, 0) is 0 Å². The van der Waals surface area contributed by atoms with Crippen molar-refractivity contribution in [1.82, 2.24) is 10.3 Å².